The van der Waals surface area contributed by atoms with E-state index < -0.39 is 0 Å². The standard InChI is InChI=1S/C6H6N4S2/c1-5(11-4-7-1)2-8-6-9-3-10-12-6/h1,3-4H,2H2,(H,8,9,10). The first kappa shape index (κ1) is 7.63. The maximum atomic E-state index is 4.00. The Morgan fingerprint density at radius 1 is 1.50 bits per heavy atom. The molecule has 12 heavy (non-hydrogen) atoms. The van der Waals surface area contributed by atoms with Crippen molar-refractivity contribution in [2.75, 3.05) is 5.32 Å². The summed E-state index contributed by atoms with van der Waals surface area (Å²) in [5.41, 5.74) is 1.82. The van der Waals surface area contributed by atoms with Gasteiger partial charge in [-0.05, 0) is 0 Å². The van der Waals surface area contributed by atoms with Crippen LogP contribution in [0.15, 0.2) is 18.0 Å². The van der Waals surface area contributed by atoms with Crippen LogP contribution < -0.4 is 5.32 Å². The van der Waals surface area contributed by atoms with Crippen molar-refractivity contribution in [3.05, 3.63) is 22.9 Å². The van der Waals surface area contributed by atoms with E-state index in [0.717, 1.165) is 11.7 Å². The van der Waals surface area contributed by atoms with E-state index in [4.69, 9.17) is 0 Å². The van der Waals surface area contributed by atoms with Gasteiger partial charge in [0.1, 0.15) is 6.33 Å². The highest BCUT2D eigenvalue weighted by Crippen LogP contribution is 2.11. The van der Waals surface area contributed by atoms with E-state index in [9.17, 15) is 0 Å². The average Bonchev–Trinajstić information content (AvgIpc) is 2.74. The van der Waals surface area contributed by atoms with E-state index in [0.29, 0.717) is 0 Å². The van der Waals surface area contributed by atoms with Crippen LogP contribution in [0.1, 0.15) is 4.88 Å². The Morgan fingerprint density at radius 3 is 3.17 bits per heavy atom. The van der Waals surface area contributed by atoms with Crippen molar-refractivity contribution in [3.63, 3.8) is 0 Å². The first-order chi connectivity index (χ1) is 5.95. The van der Waals surface area contributed by atoms with Crippen LogP contribution in [0.25, 0.3) is 0 Å². The minimum absolute atomic E-state index is 0.778. The minimum atomic E-state index is 0.778. The number of nitrogens with one attached hydrogen (secondary N) is 1. The quantitative estimate of drug-likeness (QED) is 0.814. The smallest absolute Gasteiger partial charge is 0.202 e. The lowest BCUT2D eigenvalue weighted by molar-refractivity contribution is 1.15. The van der Waals surface area contributed by atoms with E-state index in [1.807, 2.05) is 11.7 Å². The van der Waals surface area contributed by atoms with Gasteiger partial charge in [-0.2, -0.15) is 4.37 Å². The van der Waals surface area contributed by atoms with Crippen molar-refractivity contribution in [1.82, 2.24) is 14.3 Å². The van der Waals surface area contributed by atoms with Crippen LogP contribution in [0.4, 0.5) is 5.13 Å². The summed E-state index contributed by atoms with van der Waals surface area (Å²) in [5.74, 6) is 0. The first-order valence-corrected chi connectivity index (χ1v) is 4.98. The monoisotopic (exact) mass is 198 g/mol. The van der Waals surface area contributed by atoms with Gasteiger partial charge < -0.3 is 5.32 Å². The Kier molecular flexibility index (Phi) is 2.28. The molecule has 0 amide bonds. The molecule has 0 aliphatic carbocycles. The summed E-state index contributed by atoms with van der Waals surface area (Å²) in [6.45, 7) is 0.778. The van der Waals surface area contributed by atoms with Gasteiger partial charge in [0.15, 0.2) is 0 Å². The summed E-state index contributed by atoms with van der Waals surface area (Å²) in [4.78, 5) is 9.16. The number of nitrogens with zero attached hydrogens (tertiary/aromatic N) is 3. The van der Waals surface area contributed by atoms with Gasteiger partial charge in [0, 0.05) is 22.6 Å². The van der Waals surface area contributed by atoms with Gasteiger partial charge in [-0.15, -0.1) is 11.3 Å². The van der Waals surface area contributed by atoms with Gasteiger partial charge in [0.25, 0.3) is 0 Å². The predicted octanol–water partition coefficient (Wildman–Crippen LogP) is 1.61. The van der Waals surface area contributed by atoms with Crippen LogP contribution in [0.2, 0.25) is 0 Å². The third kappa shape index (κ3) is 1.77. The number of hydrogen-bond acceptors (Lipinski definition) is 6. The molecule has 0 saturated heterocycles. The second-order valence-electron chi connectivity index (χ2n) is 2.07. The number of thiazole rings is 1. The number of rotatable bonds is 3. The second-order valence-corrected chi connectivity index (χ2v) is 3.82. The maximum absolute atomic E-state index is 4.00. The summed E-state index contributed by atoms with van der Waals surface area (Å²) < 4.78 is 3.88. The highest BCUT2D eigenvalue weighted by atomic mass is 32.1. The molecule has 0 atom stereocenters. The highest BCUT2D eigenvalue weighted by Gasteiger charge is 1.96. The first-order valence-electron chi connectivity index (χ1n) is 3.33. The molecule has 62 valence electrons. The summed E-state index contributed by atoms with van der Waals surface area (Å²) in [7, 11) is 0. The highest BCUT2D eigenvalue weighted by molar-refractivity contribution is 7.10. The summed E-state index contributed by atoms with van der Waals surface area (Å²) >= 11 is 2.98. The van der Waals surface area contributed by atoms with Crippen molar-refractivity contribution >= 4 is 28.0 Å². The van der Waals surface area contributed by atoms with Crippen molar-refractivity contribution in [2.45, 2.75) is 6.54 Å². The molecule has 1 N–H and O–H groups in total. The van der Waals surface area contributed by atoms with Crippen LogP contribution in [0.5, 0.6) is 0 Å². The Morgan fingerprint density at radius 2 is 2.50 bits per heavy atom. The zero-order valence-corrected chi connectivity index (χ0v) is 7.73. The van der Waals surface area contributed by atoms with E-state index in [1.54, 1.807) is 17.7 Å². The molecule has 0 spiro atoms. The van der Waals surface area contributed by atoms with Crippen LogP contribution in [0.3, 0.4) is 0 Å². The molecule has 2 aromatic rings. The molecule has 4 nitrogen and oxygen atoms in total. The molecule has 0 saturated carbocycles. The zero-order valence-electron chi connectivity index (χ0n) is 6.10. The molecule has 0 aromatic carbocycles. The van der Waals surface area contributed by atoms with Crippen LogP contribution in [-0.4, -0.2) is 14.3 Å². The number of anilines is 1. The normalized spacial score (nSPS) is 10.0. The molecular formula is C6H6N4S2. The average molecular weight is 198 g/mol. The van der Waals surface area contributed by atoms with E-state index in [1.165, 1.54) is 16.4 Å². The zero-order chi connectivity index (χ0) is 8.23. The van der Waals surface area contributed by atoms with Gasteiger partial charge in [0.2, 0.25) is 5.13 Å². The molecule has 2 aromatic heterocycles. The van der Waals surface area contributed by atoms with Gasteiger partial charge >= 0.3 is 0 Å². The van der Waals surface area contributed by atoms with Crippen LogP contribution in [-0.2, 0) is 6.54 Å². The van der Waals surface area contributed by atoms with Crippen LogP contribution >= 0.6 is 22.9 Å². The fourth-order valence-corrected chi connectivity index (χ4v) is 1.70. The third-order valence-electron chi connectivity index (χ3n) is 1.26. The molecule has 0 unspecified atom stereocenters. The van der Waals surface area contributed by atoms with E-state index in [-0.39, 0.29) is 0 Å². The van der Waals surface area contributed by atoms with Gasteiger partial charge in [-0.3, -0.25) is 4.98 Å². The Labute approximate surface area is 77.5 Å². The largest absolute Gasteiger partial charge is 0.355 e. The molecule has 0 bridgehead atoms. The lowest BCUT2D eigenvalue weighted by Gasteiger charge is -1.96. The molecule has 2 rings (SSSR count). The summed E-state index contributed by atoms with van der Waals surface area (Å²) in [5, 5.41) is 3.99. The van der Waals surface area contributed by atoms with E-state index >= 15 is 0 Å². The molecule has 0 fully saturated rings. The Balaban J connectivity index is 1.91. The van der Waals surface area contributed by atoms with Crippen molar-refractivity contribution in [3.8, 4) is 0 Å². The fraction of sp³-hybridized carbons (Fsp3) is 0.167. The topological polar surface area (TPSA) is 50.7 Å². The van der Waals surface area contributed by atoms with E-state index in [2.05, 4.69) is 19.7 Å². The molecule has 0 radical (unpaired) electrons. The van der Waals surface area contributed by atoms with Crippen molar-refractivity contribution in [2.24, 2.45) is 0 Å². The molecule has 0 aliphatic rings. The molecular weight excluding hydrogens is 192 g/mol. The predicted molar refractivity (Wildman–Crippen MR) is 49.3 cm³/mol. The Bertz CT molecular complexity index is 281. The van der Waals surface area contributed by atoms with Crippen molar-refractivity contribution < 1.29 is 0 Å². The third-order valence-corrected chi connectivity index (χ3v) is 2.66. The second kappa shape index (κ2) is 3.59. The summed E-state index contributed by atoms with van der Waals surface area (Å²) in [6, 6.07) is 0. The maximum Gasteiger partial charge on any atom is 0.202 e. The van der Waals surface area contributed by atoms with Crippen molar-refractivity contribution in [1.29, 1.82) is 0 Å². The fourth-order valence-electron chi connectivity index (χ4n) is 0.743. The molecule has 6 heteroatoms. The molecule has 0 aliphatic heterocycles. The Hall–Kier alpha value is -1.01. The van der Waals surface area contributed by atoms with Gasteiger partial charge in [0.05, 0.1) is 12.1 Å². The molecule has 2 heterocycles. The number of aromatic nitrogens is 3. The van der Waals surface area contributed by atoms with Gasteiger partial charge in [-0.25, -0.2) is 4.98 Å². The lowest BCUT2D eigenvalue weighted by Crippen LogP contribution is -1.95. The van der Waals surface area contributed by atoms with Gasteiger partial charge in [-0.1, -0.05) is 0 Å². The SMILES string of the molecule is c1nsc(NCc2cncs2)n1. The van der Waals surface area contributed by atoms with Crippen LogP contribution in [0, 0.1) is 0 Å². The lowest BCUT2D eigenvalue weighted by atomic mass is 10.5. The summed E-state index contributed by atoms with van der Waals surface area (Å²) in [6.07, 6.45) is 3.39. The minimum Gasteiger partial charge on any atom is -0.355 e. The number of hydrogen-bond donors (Lipinski definition) is 1.